The Hall–Kier alpha value is -2.27. The highest BCUT2D eigenvalue weighted by molar-refractivity contribution is 5.94. The van der Waals surface area contributed by atoms with Crippen LogP contribution in [0.4, 0.5) is 4.39 Å². The van der Waals surface area contributed by atoms with Gasteiger partial charge in [-0.3, -0.25) is 14.7 Å². The van der Waals surface area contributed by atoms with Crippen molar-refractivity contribution in [3.63, 3.8) is 0 Å². The van der Waals surface area contributed by atoms with Gasteiger partial charge in [-0.1, -0.05) is 6.07 Å². The van der Waals surface area contributed by atoms with Crippen molar-refractivity contribution < 1.29 is 9.18 Å². The zero-order valence-electron chi connectivity index (χ0n) is 14.0. The van der Waals surface area contributed by atoms with E-state index in [0.29, 0.717) is 23.6 Å². The zero-order valence-corrected chi connectivity index (χ0v) is 14.0. The van der Waals surface area contributed by atoms with E-state index in [0.717, 1.165) is 13.0 Å². The van der Waals surface area contributed by atoms with Crippen molar-refractivity contribution in [1.82, 2.24) is 15.2 Å². The molecule has 2 aromatic rings. The van der Waals surface area contributed by atoms with Gasteiger partial charge in [0, 0.05) is 30.5 Å². The molecule has 126 valence electrons. The van der Waals surface area contributed by atoms with Crippen LogP contribution in [0.1, 0.15) is 33.9 Å². The van der Waals surface area contributed by atoms with Crippen LogP contribution in [0, 0.1) is 18.7 Å². The first-order valence-corrected chi connectivity index (χ1v) is 8.21. The van der Waals surface area contributed by atoms with Gasteiger partial charge in [-0.2, -0.15) is 0 Å². The molecule has 0 radical (unpaired) electrons. The Morgan fingerprint density at radius 1 is 1.42 bits per heavy atom. The minimum atomic E-state index is -0.291. The number of halogens is 1. The van der Waals surface area contributed by atoms with Gasteiger partial charge in [0.25, 0.3) is 5.91 Å². The number of hydrogen-bond donors (Lipinski definition) is 1. The Balaban J connectivity index is 1.67. The molecule has 1 saturated heterocycles. The standard InChI is InChI=1S/C19H22FN3O/c1-13-10-14(5-6-17(13)20)19(24)22-12-16-7-9-23(2)18(16)15-4-3-8-21-11-15/h3-6,8,10-11,16,18H,7,9,12H2,1-2H3,(H,22,24)/t16-,18-/m0/s1. The summed E-state index contributed by atoms with van der Waals surface area (Å²) in [5.41, 5.74) is 2.16. The molecule has 4 nitrogen and oxygen atoms in total. The third-order valence-corrected chi connectivity index (χ3v) is 4.74. The fourth-order valence-electron chi connectivity index (χ4n) is 3.43. The van der Waals surface area contributed by atoms with Gasteiger partial charge < -0.3 is 5.32 Å². The van der Waals surface area contributed by atoms with E-state index in [1.165, 1.54) is 17.7 Å². The van der Waals surface area contributed by atoms with E-state index in [2.05, 4.69) is 28.3 Å². The fourth-order valence-corrected chi connectivity index (χ4v) is 3.43. The van der Waals surface area contributed by atoms with E-state index in [1.54, 1.807) is 19.2 Å². The number of aryl methyl sites for hydroxylation is 1. The molecule has 5 heteroatoms. The molecule has 1 fully saturated rings. The summed E-state index contributed by atoms with van der Waals surface area (Å²) >= 11 is 0. The Kier molecular flexibility index (Phi) is 4.90. The SMILES string of the molecule is Cc1cc(C(=O)NC[C@@H]2CCN(C)[C@H]2c2cccnc2)ccc1F. The Morgan fingerprint density at radius 3 is 2.96 bits per heavy atom. The molecule has 1 aromatic heterocycles. The summed E-state index contributed by atoms with van der Waals surface area (Å²) in [7, 11) is 2.10. The van der Waals surface area contributed by atoms with Gasteiger partial charge in [0.1, 0.15) is 5.82 Å². The van der Waals surface area contributed by atoms with Crippen LogP contribution < -0.4 is 5.32 Å². The minimum absolute atomic E-state index is 0.155. The molecule has 3 rings (SSSR count). The van der Waals surface area contributed by atoms with Crippen LogP contribution in [0.15, 0.2) is 42.7 Å². The van der Waals surface area contributed by atoms with Gasteiger partial charge in [-0.25, -0.2) is 4.39 Å². The van der Waals surface area contributed by atoms with E-state index >= 15 is 0 Å². The van der Waals surface area contributed by atoms with Gasteiger partial charge in [-0.15, -0.1) is 0 Å². The van der Waals surface area contributed by atoms with E-state index in [1.807, 2.05) is 12.3 Å². The number of nitrogens with one attached hydrogen (secondary N) is 1. The van der Waals surface area contributed by atoms with Crippen LogP contribution in [-0.4, -0.2) is 35.9 Å². The lowest BCUT2D eigenvalue weighted by Gasteiger charge is -2.25. The summed E-state index contributed by atoms with van der Waals surface area (Å²) in [6, 6.07) is 8.73. The summed E-state index contributed by atoms with van der Waals surface area (Å²) < 4.78 is 13.3. The van der Waals surface area contributed by atoms with Crippen LogP contribution >= 0.6 is 0 Å². The molecule has 0 saturated carbocycles. The average Bonchev–Trinajstić information content (AvgIpc) is 2.96. The van der Waals surface area contributed by atoms with E-state index in [-0.39, 0.29) is 17.8 Å². The highest BCUT2D eigenvalue weighted by atomic mass is 19.1. The van der Waals surface area contributed by atoms with Crippen LogP contribution in [0.25, 0.3) is 0 Å². The lowest BCUT2D eigenvalue weighted by atomic mass is 9.94. The first kappa shape index (κ1) is 16.6. The molecule has 0 aliphatic carbocycles. The first-order chi connectivity index (χ1) is 11.6. The number of likely N-dealkylation sites (tertiary alicyclic amines) is 1. The Labute approximate surface area is 141 Å². The van der Waals surface area contributed by atoms with Crippen molar-refractivity contribution >= 4 is 5.91 Å². The monoisotopic (exact) mass is 327 g/mol. The molecular weight excluding hydrogens is 305 g/mol. The van der Waals surface area contributed by atoms with E-state index < -0.39 is 0 Å². The highest BCUT2D eigenvalue weighted by Gasteiger charge is 2.33. The predicted octanol–water partition coefficient (Wildman–Crippen LogP) is 2.95. The largest absolute Gasteiger partial charge is 0.352 e. The third kappa shape index (κ3) is 3.46. The molecule has 2 atom stereocenters. The van der Waals surface area contributed by atoms with Crippen molar-refractivity contribution in [2.75, 3.05) is 20.1 Å². The van der Waals surface area contributed by atoms with Crippen molar-refractivity contribution in [2.24, 2.45) is 5.92 Å². The van der Waals surface area contributed by atoms with Gasteiger partial charge in [0.2, 0.25) is 0 Å². The number of pyridine rings is 1. The number of rotatable bonds is 4. The van der Waals surface area contributed by atoms with Crippen LogP contribution in [-0.2, 0) is 0 Å². The molecule has 1 aliphatic rings. The number of nitrogens with zero attached hydrogens (tertiary/aromatic N) is 2. The second-order valence-corrected chi connectivity index (χ2v) is 6.43. The summed E-state index contributed by atoms with van der Waals surface area (Å²) in [6.07, 6.45) is 4.69. The molecule has 1 amide bonds. The van der Waals surface area contributed by atoms with Crippen LogP contribution in [0.2, 0.25) is 0 Å². The molecule has 0 bridgehead atoms. The van der Waals surface area contributed by atoms with Crippen molar-refractivity contribution in [3.8, 4) is 0 Å². The fraction of sp³-hybridized carbons (Fsp3) is 0.368. The molecule has 2 heterocycles. The highest BCUT2D eigenvalue weighted by Crippen LogP contribution is 2.35. The summed E-state index contributed by atoms with van der Waals surface area (Å²) in [6.45, 7) is 3.26. The van der Waals surface area contributed by atoms with Crippen molar-refractivity contribution in [1.29, 1.82) is 0 Å². The number of amides is 1. The smallest absolute Gasteiger partial charge is 0.251 e. The lowest BCUT2D eigenvalue weighted by Crippen LogP contribution is -2.32. The Morgan fingerprint density at radius 2 is 2.25 bits per heavy atom. The molecule has 0 unspecified atom stereocenters. The molecule has 1 aliphatic heterocycles. The second kappa shape index (κ2) is 7.09. The van der Waals surface area contributed by atoms with Crippen LogP contribution in [0.3, 0.4) is 0 Å². The molecule has 0 spiro atoms. The van der Waals surface area contributed by atoms with E-state index in [9.17, 15) is 9.18 Å². The quantitative estimate of drug-likeness (QED) is 0.939. The maximum Gasteiger partial charge on any atom is 0.251 e. The van der Waals surface area contributed by atoms with Gasteiger partial charge in [0.05, 0.1) is 0 Å². The molecular formula is C19H22FN3O. The number of carbonyl (C=O) groups is 1. The Bertz CT molecular complexity index is 720. The second-order valence-electron chi connectivity index (χ2n) is 6.43. The number of hydrogen-bond acceptors (Lipinski definition) is 3. The maximum atomic E-state index is 13.3. The first-order valence-electron chi connectivity index (χ1n) is 8.21. The summed E-state index contributed by atoms with van der Waals surface area (Å²) in [4.78, 5) is 18.8. The topological polar surface area (TPSA) is 45.2 Å². The number of benzene rings is 1. The predicted molar refractivity (Wildman–Crippen MR) is 91.2 cm³/mol. The van der Waals surface area contributed by atoms with Crippen LogP contribution in [0.5, 0.6) is 0 Å². The van der Waals surface area contributed by atoms with Crippen molar-refractivity contribution in [2.45, 2.75) is 19.4 Å². The van der Waals surface area contributed by atoms with Crippen molar-refractivity contribution in [3.05, 3.63) is 65.2 Å². The number of aromatic nitrogens is 1. The number of carbonyl (C=O) groups excluding carboxylic acids is 1. The molecule has 1 N–H and O–H groups in total. The summed E-state index contributed by atoms with van der Waals surface area (Å²) in [5.74, 6) is -0.108. The summed E-state index contributed by atoms with van der Waals surface area (Å²) in [5, 5.41) is 3.00. The van der Waals surface area contributed by atoms with Gasteiger partial charge in [-0.05, 0) is 68.2 Å². The van der Waals surface area contributed by atoms with E-state index in [4.69, 9.17) is 0 Å². The van der Waals surface area contributed by atoms with Gasteiger partial charge in [0.15, 0.2) is 0 Å². The van der Waals surface area contributed by atoms with Gasteiger partial charge >= 0.3 is 0 Å². The average molecular weight is 327 g/mol. The zero-order chi connectivity index (χ0) is 17.1. The maximum absolute atomic E-state index is 13.3. The lowest BCUT2D eigenvalue weighted by molar-refractivity contribution is 0.0943. The normalized spacial score (nSPS) is 21.0. The third-order valence-electron chi connectivity index (χ3n) is 4.74. The minimum Gasteiger partial charge on any atom is -0.352 e. The molecule has 1 aromatic carbocycles. The molecule has 24 heavy (non-hydrogen) atoms.